The summed E-state index contributed by atoms with van der Waals surface area (Å²) < 4.78 is 5.33. The normalized spacial score (nSPS) is 9.86. The predicted molar refractivity (Wildman–Crippen MR) is 57.4 cm³/mol. The van der Waals surface area contributed by atoms with Gasteiger partial charge in [0.2, 0.25) is 0 Å². The van der Waals surface area contributed by atoms with Gasteiger partial charge in [-0.1, -0.05) is 6.58 Å². The summed E-state index contributed by atoms with van der Waals surface area (Å²) in [6, 6.07) is 5.43. The van der Waals surface area contributed by atoms with Gasteiger partial charge in [0, 0.05) is 12.1 Å². The van der Waals surface area contributed by atoms with Crippen LogP contribution in [0.3, 0.4) is 0 Å². The Morgan fingerprint density at radius 1 is 1.57 bits per heavy atom. The summed E-state index contributed by atoms with van der Waals surface area (Å²) in [5.74, 6) is 0.839. The van der Waals surface area contributed by atoms with Crippen LogP contribution < -0.4 is 10.5 Å². The van der Waals surface area contributed by atoms with Crippen molar-refractivity contribution in [3.8, 4) is 5.75 Å². The van der Waals surface area contributed by atoms with Crippen LogP contribution in [0.2, 0.25) is 0 Å². The number of aliphatic hydroxyl groups excluding tert-OH is 1. The number of hydrogen-bond acceptors (Lipinski definition) is 3. The molecule has 0 aromatic heterocycles. The molecule has 1 rings (SSSR count). The maximum atomic E-state index is 9.22. The van der Waals surface area contributed by atoms with Crippen molar-refractivity contribution in [1.29, 1.82) is 0 Å². The fraction of sp³-hybridized carbons (Fsp3) is 0.273. The third-order valence-corrected chi connectivity index (χ3v) is 1.90. The molecule has 0 bridgehead atoms. The average Bonchev–Trinajstić information content (AvgIpc) is 2.14. The average molecular weight is 193 g/mol. The quantitative estimate of drug-likeness (QED) is 0.717. The van der Waals surface area contributed by atoms with Gasteiger partial charge in [0.05, 0.1) is 0 Å². The molecule has 0 aliphatic carbocycles. The first-order valence-electron chi connectivity index (χ1n) is 4.47. The first kappa shape index (κ1) is 10.6. The molecule has 76 valence electrons. The lowest BCUT2D eigenvalue weighted by atomic mass is 10.1. The Kier molecular flexibility index (Phi) is 3.54. The Hall–Kier alpha value is -1.48. The van der Waals surface area contributed by atoms with Crippen molar-refractivity contribution in [2.24, 2.45) is 5.73 Å². The summed E-state index contributed by atoms with van der Waals surface area (Å²) in [6.07, 6.45) is 0. The first-order chi connectivity index (χ1) is 6.65. The molecule has 0 atom stereocenters. The van der Waals surface area contributed by atoms with E-state index < -0.39 is 0 Å². The van der Waals surface area contributed by atoms with Gasteiger partial charge < -0.3 is 15.6 Å². The van der Waals surface area contributed by atoms with Crippen LogP contribution in [-0.2, 0) is 0 Å². The lowest BCUT2D eigenvalue weighted by Crippen LogP contribution is -2.10. The molecule has 0 spiro atoms. The molecular weight excluding hydrogens is 178 g/mol. The molecule has 0 fully saturated rings. The number of hydrogen-bond donors (Lipinski definition) is 2. The van der Waals surface area contributed by atoms with Gasteiger partial charge in [-0.25, -0.2) is 0 Å². The zero-order chi connectivity index (χ0) is 10.6. The van der Waals surface area contributed by atoms with Gasteiger partial charge in [0.1, 0.15) is 18.1 Å². The van der Waals surface area contributed by atoms with Crippen molar-refractivity contribution in [1.82, 2.24) is 0 Å². The van der Waals surface area contributed by atoms with Crippen molar-refractivity contribution in [3.63, 3.8) is 0 Å². The van der Waals surface area contributed by atoms with Crippen LogP contribution in [0, 0.1) is 6.92 Å². The third kappa shape index (κ3) is 2.50. The number of benzene rings is 1. The van der Waals surface area contributed by atoms with Gasteiger partial charge in [-0.3, -0.25) is 0 Å². The number of rotatable bonds is 4. The molecule has 3 nitrogen and oxygen atoms in total. The second kappa shape index (κ2) is 4.67. The van der Waals surface area contributed by atoms with Crippen molar-refractivity contribution in [3.05, 3.63) is 35.9 Å². The van der Waals surface area contributed by atoms with Gasteiger partial charge >= 0.3 is 0 Å². The molecule has 3 N–H and O–H groups in total. The molecule has 0 saturated carbocycles. The minimum Gasteiger partial charge on any atom is -0.508 e. The van der Waals surface area contributed by atoms with E-state index in [2.05, 4.69) is 6.58 Å². The number of nitrogens with two attached hydrogens (primary N) is 1. The van der Waals surface area contributed by atoms with Crippen LogP contribution >= 0.6 is 0 Å². The van der Waals surface area contributed by atoms with E-state index in [1.165, 1.54) is 0 Å². The minimum atomic E-state index is 0.0767. The summed E-state index contributed by atoms with van der Waals surface area (Å²) >= 11 is 0. The molecule has 3 heteroatoms. The lowest BCUT2D eigenvalue weighted by molar-refractivity contribution is 0.328. The number of ether oxygens (including phenoxy) is 1. The lowest BCUT2D eigenvalue weighted by Gasteiger charge is -2.08. The van der Waals surface area contributed by atoms with Gasteiger partial charge in [-0.2, -0.15) is 0 Å². The SMILES string of the molecule is C=C(O)c1ccc(OCCN)cc1C. The van der Waals surface area contributed by atoms with Crippen LogP contribution in [0.4, 0.5) is 0 Å². The highest BCUT2D eigenvalue weighted by molar-refractivity contribution is 5.60. The van der Waals surface area contributed by atoms with E-state index in [1.807, 2.05) is 13.0 Å². The van der Waals surface area contributed by atoms with E-state index in [9.17, 15) is 5.11 Å². The Labute approximate surface area is 83.8 Å². The van der Waals surface area contributed by atoms with Gasteiger partial charge in [0.15, 0.2) is 0 Å². The van der Waals surface area contributed by atoms with Crippen LogP contribution in [0.5, 0.6) is 5.75 Å². The van der Waals surface area contributed by atoms with E-state index in [1.54, 1.807) is 12.1 Å². The highest BCUT2D eigenvalue weighted by Gasteiger charge is 2.02. The summed E-state index contributed by atoms with van der Waals surface area (Å²) in [4.78, 5) is 0. The first-order valence-corrected chi connectivity index (χ1v) is 4.47. The van der Waals surface area contributed by atoms with Crippen LogP contribution in [0.15, 0.2) is 24.8 Å². The Morgan fingerprint density at radius 2 is 2.29 bits per heavy atom. The summed E-state index contributed by atoms with van der Waals surface area (Å²) in [5.41, 5.74) is 6.99. The summed E-state index contributed by atoms with van der Waals surface area (Å²) in [7, 11) is 0. The predicted octanol–water partition coefficient (Wildman–Crippen LogP) is 1.86. The monoisotopic (exact) mass is 193 g/mol. The Balaban J connectivity index is 2.83. The minimum absolute atomic E-state index is 0.0767. The van der Waals surface area contributed by atoms with E-state index in [0.29, 0.717) is 13.2 Å². The van der Waals surface area contributed by atoms with Crippen molar-refractivity contribution in [2.75, 3.05) is 13.2 Å². The Bertz CT molecular complexity index is 334. The molecule has 0 unspecified atom stereocenters. The van der Waals surface area contributed by atoms with E-state index in [0.717, 1.165) is 16.9 Å². The zero-order valence-corrected chi connectivity index (χ0v) is 8.29. The second-order valence-corrected chi connectivity index (χ2v) is 3.06. The molecular formula is C11H15NO2. The smallest absolute Gasteiger partial charge is 0.119 e. The van der Waals surface area contributed by atoms with Crippen molar-refractivity contribution in [2.45, 2.75) is 6.92 Å². The van der Waals surface area contributed by atoms with E-state index >= 15 is 0 Å². The molecule has 0 amide bonds. The topological polar surface area (TPSA) is 55.5 Å². The van der Waals surface area contributed by atoms with E-state index in [4.69, 9.17) is 10.5 Å². The summed E-state index contributed by atoms with van der Waals surface area (Å²) in [5, 5.41) is 9.22. The van der Waals surface area contributed by atoms with Crippen molar-refractivity contribution >= 4 is 5.76 Å². The molecule has 0 saturated heterocycles. The highest BCUT2D eigenvalue weighted by atomic mass is 16.5. The van der Waals surface area contributed by atoms with Crippen LogP contribution in [-0.4, -0.2) is 18.3 Å². The van der Waals surface area contributed by atoms with E-state index in [-0.39, 0.29) is 5.76 Å². The van der Waals surface area contributed by atoms with Gasteiger partial charge in [0.25, 0.3) is 0 Å². The highest BCUT2D eigenvalue weighted by Crippen LogP contribution is 2.20. The molecule has 0 aliphatic rings. The van der Waals surface area contributed by atoms with Crippen LogP contribution in [0.25, 0.3) is 5.76 Å². The number of aryl methyl sites for hydroxylation is 1. The molecule has 0 heterocycles. The maximum Gasteiger partial charge on any atom is 0.119 e. The molecule has 1 aromatic carbocycles. The maximum absolute atomic E-state index is 9.22. The summed E-state index contributed by atoms with van der Waals surface area (Å²) in [6.45, 7) is 6.36. The second-order valence-electron chi connectivity index (χ2n) is 3.06. The van der Waals surface area contributed by atoms with Crippen molar-refractivity contribution < 1.29 is 9.84 Å². The third-order valence-electron chi connectivity index (χ3n) is 1.90. The zero-order valence-electron chi connectivity index (χ0n) is 8.29. The van der Waals surface area contributed by atoms with Gasteiger partial charge in [-0.15, -0.1) is 0 Å². The van der Waals surface area contributed by atoms with Gasteiger partial charge in [-0.05, 0) is 30.7 Å². The number of aliphatic hydroxyl groups is 1. The fourth-order valence-corrected chi connectivity index (χ4v) is 1.23. The largest absolute Gasteiger partial charge is 0.508 e. The fourth-order valence-electron chi connectivity index (χ4n) is 1.23. The molecule has 0 aliphatic heterocycles. The Morgan fingerprint density at radius 3 is 2.79 bits per heavy atom. The molecule has 0 radical (unpaired) electrons. The standard InChI is InChI=1S/C11H15NO2/c1-8-7-10(14-6-5-12)3-4-11(8)9(2)13/h3-4,7,13H,2,5-6,12H2,1H3. The molecule has 14 heavy (non-hydrogen) atoms. The molecule has 1 aromatic rings. The van der Waals surface area contributed by atoms with Crippen LogP contribution in [0.1, 0.15) is 11.1 Å².